The van der Waals surface area contributed by atoms with Crippen molar-refractivity contribution in [2.24, 2.45) is 0 Å². The highest BCUT2D eigenvalue weighted by Gasteiger charge is 1.87. The summed E-state index contributed by atoms with van der Waals surface area (Å²) >= 11 is 0. The summed E-state index contributed by atoms with van der Waals surface area (Å²) in [6.45, 7) is 5.84. The molecule has 0 saturated heterocycles. The van der Waals surface area contributed by atoms with E-state index in [0.717, 1.165) is 5.56 Å². The summed E-state index contributed by atoms with van der Waals surface area (Å²) in [5.74, 6) is 1.03. The van der Waals surface area contributed by atoms with Crippen LogP contribution in [0.1, 0.15) is 16.7 Å². The monoisotopic (exact) mass is 324 g/mol. The van der Waals surface area contributed by atoms with Crippen LogP contribution in [0, 0.1) is 20.8 Å². The first kappa shape index (κ1) is 19.1. The Balaban J connectivity index is 0.000000180. The van der Waals surface area contributed by atoms with Crippen LogP contribution in [-0.4, -0.2) is 15.3 Å². The van der Waals surface area contributed by atoms with Gasteiger partial charge in [-0.3, -0.25) is 0 Å². The van der Waals surface area contributed by atoms with Gasteiger partial charge in [0.25, 0.3) is 0 Å². The van der Waals surface area contributed by atoms with Crippen molar-refractivity contribution in [2.75, 3.05) is 0 Å². The molecular formula is C21H24O3. The minimum absolute atomic E-state index is 0.329. The summed E-state index contributed by atoms with van der Waals surface area (Å²) in [6.07, 6.45) is 0. The predicted molar refractivity (Wildman–Crippen MR) is 98.5 cm³/mol. The maximum absolute atomic E-state index is 8.92. The van der Waals surface area contributed by atoms with E-state index in [9.17, 15) is 0 Å². The summed E-state index contributed by atoms with van der Waals surface area (Å²) in [7, 11) is 0. The van der Waals surface area contributed by atoms with Crippen molar-refractivity contribution in [2.45, 2.75) is 20.8 Å². The van der Waals surface area contributed by atoms with Gasteiger partial charge in [-0.25, -0.2) is 0 Å². The van der Waals surface area contributed by atoms with Crippen LogP contribution >= 0.6 is 0 Å². The number of benzene rings is 3. The summed E-state index contributed by atoms with van der Waals surface area (Å²) in [5, 5.41) is 26.4. The fraction of sp³-hybridized carbons (Fsp3) is 0.143. The van der Waals surface area contributed by atoms with Crippen LogP contribution in [-0.2, 0) is 0 Å². The van der Waals surface area contributed by atoms with E-state index in [2.05, 4.69) is 0 Å². The fourth-order valence-corrected chi connectivity index (χ4v) is 1.65. The molecule has 0 aliphatic rings. The summed E-state index contributed by atoms with van der Waals surface area (Å²) in [4.78, 5) is 0. The van der Waals surface area contributed by atoms with Crippen LogP contribution in [0.25, 0.3) is 0 Å². The quantitative estimate of drug-likeness (QED) is 0.539. The van der Waals surface area contributed by atoms with Gasteiger partial charge in [0.05, 0.1) is 0 Å². The number of aromatic hydroxyl groups is 3. The lowest BCUT2D eigenvalue weighted by atomic mass is 10.2. The molecule has 126 valence electrons. The first-order valence-electron chi connectivity index (χ1n) is 7.64. The Hall–Kier alpha value is -2.94. The van der Waals surface area contributed by atoms with Crippen LogP contribution in [0.15, 0.2) is 72.8 Å². The van der Waals surface area contributed by atoms with Gasteiger partial charge >= 0.3 is 0 Å². The highest BCUT2D eigenvalue weighted by Crippen LogP contribution is 2.12. The Morgan fingerprint density at radius 2 is 0.875 bits per heavy atom. The molecule has 3 aromatic rings. The van der Waals surface area contributed by atoms with Crippen LogP contribution in [0.3, 0.4) is 0 Å². The molecule has 3 aromatic carbocycles. The zero-order valence-corrected chi connectivity index (χ0v) is 14.3. The number of hydrogen-bond donors (Lipinski definition) is 3. The first-order valence-corrected chi connectivity index (χ1v) is 7.64. The molecule has 0 atom stereocenters. The van der Waals surface area contributed by atoms with Gasteiger partial charge in [0.15, 0.2) is 0 Å². The van der Waals surface area contributed by atoms with Crippen LogP contribution < -0.4 is 0 Å². The Morgan fingerprint density at radius 3 is 1.12 bits per heavy atom. The van der Waals surface area contributed by atoms with E-state index in [1.165, 1.54) is 11.1 Å². The zero-order valence-electron chi connectivity index (χ0n) is 14.3. The van der Waals surface area contributed by atoms with E-state index in [1.54, 1.807) is 30.3 Å². The standard InChI is InChI=1S/3C7H8O/c2*1-6-2-4-7(8)5-3-6;1-6-4-2-3-5-7(6)8/h3*2-5,8H,1H3. The molecule has 0 bridgehead atoms. The third-order valence-corrected chi connectivity index (χ3v) is 3.18. The largest absolute Gasteiger partial charge is 0.508 e. The topological polar surface area (TPSA) is 60.7 Å². The second-order valence-corrected chi connectivity index (χ2v) is 5.46. The molecule has 0 amide bonds. The highest BCUT2D eigenvalue weighted by molar-refractivity contribution is 5.29. The molecule has 24 heavy (non-hydrogen) atoms. The van der Waals surface area contributed by atoms with E-state index in [1.807, 2.05) is 63.2 Å². The summed E-state index contributed by atoms with van der Waals surface area (Å²) in [6, 6.07) is 21.4. The maximum atomic E-state index is 8.92. The average molecular weight is 324 g/mol. The number of rotatable bonds is 0. The predicted octanol–water partition coefficient (Wildman–Crippen LogP) is 5.10. The van der Waals surface area contributed by atoms with Crippen molar-refractivity contribution in [1.29, 1.82) is 0 Å². The molecule has 0 spiro atoms. The molecule has 3 rings (SSSR count). The minimum Gasteiger partial charge on any atom is -0.508 e. The van der Waals surface area contributed by atoms with E-state index >= 15 is 0 Å². The van der Waals surface area contributed by atoms with Crippen LogP contribution in [0.4, 0.5) is 0 Å². The first-order chi connectivity index (χ1) is 11.4. The molecule has 3 N–H and O–H groups in total. The lowest BCUT2D eigenvalue weighted by molar-refractivity contribution is 0.471. The fourth-order valence-electron chi connectivity index (χ4n) is 1.65. The SMILES string of the molecule is Cc1ccc(O)cc1.Cc1ccc(O)cc1.Cc1ccccc1O. The third-order valence-electron chi connectivity index (χ3n) is 3.18. The van der Waals surface area contributed by atoms with Crippen LogP contribution in [0.5, 0.6) is 17.2 Å². The number of aryl methyl sites for hydroxylation is 3. The van der Waals surface area contributed by atoms with E-state index in [-0.39, 0.29) is 0 Å². The molecule has 0 fully saturated rings. The number of phenols is 3. The molecule has 0 aliphatic carbocycles. The molecule has 0 heterocycles. The molecule has 0 aliphatic heterocycles. The molecule has 0 aromatic heterocycles. The zero-order chi connectivity index (χ0) is 17.9. The minimum atomic E-state index is 0.329. The highest BCUT2D eigenvalue weighted by atomic mass is 16.3. The Morgan fingerprint density at radius 1 is 0.500 bits per heavy atom. The van der Waals surface area contributed by atoms with Crippen molar-refractivity contribution in [3.05, 3.63) is 89.5 Å². The van der Waals surface area contributed by atoms with Crippen molar-refractivity contribution in [3.63, 3.8) is 0 Å². The van der Waals surface area contributed by atoms with Gasteiger partial charge in [0.2, 0.25) is 0 Å². The molecule has 3 heteroatoms. The van der Waals surface area contributed by atoms with Gasteiger partial charge in [-0.2, -0.15) is 0 Å². The summed E-state index contributed by atoms with van der Waals surface area (Å²) < 4.78 is 0. The molecule has 3 nitrogen and oxygen atoms in total. The number of phenolic OH excluding ortho intramolecular Hbond substituents is 3. The molecular weight excluding hydrogens is 300 g/mol. The van der Waals surface area contributed by atoms with Gasteiger partial charge in [-0.1, -0.05) is 53.6 Å². The Bertz CT molecular complexity index is 610. The third kappa shape index (κ3) is 7.90. The molecule has 0 saturated carbocycles. The summed E-state index contributed by atoms with van der Waals surface area (Å²) in [5.41, 5.74) is 3.26. The van der Waals surface area contributed by atoms with Gasteiger partial charge in [0, 0.05) is 0 Å². The second-order valence-electron chi connectivity index (χ2n) is 5.46. The van der Waals surface area contributed by atoms with Crippen molar-refractivity contribution in [3.8, 4) is 17.2 Å². The average Bonchev–Trinajstić information content (AvgIpc) is 2.57. The van der Waals surface area contributed by atoms with E-state index in [4.69, 9.17) is 15.3 Å². The molecule has 0 unspecified atom stereocenters. The van der Waals surface area contributed by atoms with Crippen molar-refractivity contribution < 1.29 is 15.3 Å². The Kier molecular flexibility index (Phi) is 7.92. The lowest BCUT2D eigenvalue weighted by Gasteiger charge is -1.92. The normalized spacial score (nSPS) is 9.12. The van der Waals surface area contributed by atoms with Crippen molar-refractivity contribution in [1.82, 2.24) is 0 Å². The van der Waals surface area contributed by atoms with Gasteiger partial charge in [0.1, 0.15) is 17.2 Å². The molecule has 0 radical (unpaired) electrons. The Labute approximate surface area is 143 Å². The maximum Gasteiger partial charge on any atom is 0.118 e. The lowest BCUT2D eigenvalue weighted by Crippen LogP contribution is -1.68. The number of para-hydroxylation sites is 1. The van der Waals surface area contributed by atoms with Gasteiger partial charge in [-0.05, 0) is 56.7 Å². The van der Waals surface area contributed by atoms with Gasteiger partial charge in [-0.15, -0.1) is 0 Å². The van der Waals surface area contributed by atoms with Crippen LogP contribution in [0.2, 0.25) is 0 Å². The van der Waals surface area contributed by atoms with E-state index < -0.39 is 0 Å². The number of hydrogen-bond acceptors (Lipinski definition) is 3. The van der Waals surface area contributed by atoms with E-state index in [0.29, 0.717) is 17.2 Å². The van der Waals surface area contributed by atoms with Crippen molar-refractivity contribution >= 4 is 0 Å². The second kappa shape index (κ2) is 9.95. The smallest absolute Gasteiger partial charge is 0.118 e. The van der Waals surface area contributed by atoms with Gasteiger partial charge < -0.3 is 15.3 Å².